The second-order valence-electron chi connectivity index (χ2n) is 8.71. The van der Waals surface area contributed by atoms with Crippen LogP contribution in [0.5, 0.6) is 5.88 Å². The Morgan fingerprint density at radius 2 is 1.83 bits per heavy atom. The van der Waals surface area contributed by atoms with E-state index in [1.807, 2.05) is 12.1 Å². The monoisotopic (exact) mass is 512 g/mol. The number of carbonyl (C=O) groups excluding carboxylic acids is 1. The maximum Gasteiger partial charge on any atom is 0.303 e. The maximum absolute atomic E-state index is 12.4. The Hall–Kier alpha value is -3.14. The average molecular weight is 513 g/mol. The van der Waals surface area contributed by atoms with Gasteiger partial charge in [-0.2, -0.15) is 4.37 Å². The van der Waals surface area contributed by atoms with Crippen molar-refractivity contribution >= 4 is 61.8 Å². The van der Waals surface area contributed by atoms with Crippen molar-refractivity contribution in [1.29, 1.82) is 0 Å². The number of carboxylic acid groups (broad SMARTS) is 1. The third kappa shape index (κ3) is 4.84. The summed E-state index contributed by atoms with van der Waals surface area (Å²) in [6, 6.07) is 13.4. The summed E-state index contributed by atoms with van der Waals surface area (Å²) in [5.74, 6) is -0.680. The fourth-order valence-electron chi connectivity index (χ4n) is 4.60. The van der Waals surface area contributed by atoms with Crippen molar-refractivity contribution in [2.75, 3.05) is 37.6 Å². The number of nitrogens with zero attached hydrogens (tertiary/aromatic N) is 4. The molecule has 3 heterocycles. The molecule has 0 bridgehead atoms. The predicted octanol–water partition coefficient (Wildman–Crippen LogP) is 4.48. The number of aliphatic carboxylic acids is 1. The zero-order valence-electron chi connectivity index (χ0n) is 19.0. The van der Waals surface area contributed by atoms with Gasteiger partial charge in [0.05, 0.1) is 16.6 Å². The molecule has 0 aliphatic carbocycles. The van der Waals surface area contributed by atoms with Crippen molar-refractivity contribution in [3.8, 4) is 5.88 Å². The molecule has 5 rings (SSSR count). The first-order valence-electron chi connectivity index (χ1n) is 11.5. The third-order valence-corrected chi connectivity index (χ3v) is 7.65. The summed E-state index contributed by atoms with van der Waals surface area (Å²) in [4.78, 5) is 28.0. The Kier molecular flexibility index (Phi) is 6.64. The first-order valence-corrected chi connectivity index (χ1v) is 12.7. The molecule has 8 nitrogen and oxygen atoms in total. The Morgan fingerprint density at radius 3 is 2.60 bits per heavy atom. The van der Waals surface area contributed by atoms with Crippen LogP contribution in [-0.2, 0) is 11.2 Å². The van der Waals surface area contributed by atoms with E-state index in [0.29, 0.717) is 15.9 Å². The molecule has 10 heteroatoms. The van der Waals surface area contributed by atoms with Gasteiger partial charge in [-0.05, 0) is 47.8 Å². The van der Waals surface area contributed by atoms with Crippen LogP contribution in [-0.4, -0.2) is 68.7 Å². The van der Waals surface area contributed by atoms with Gasteiger partial charge in [0.15, 0.2) is 5.88 Å². The second-order valence-corrected chi connectivity index (χ2v) is 9.92. The topological polar surface area (TPSA) is 98.9 Å². The molecule has 2 N–H and O–H groups in total. The van der Waals surface area contributed by atoms with E-state index in [9.17, 15) is 14.7 Å². The average Bonchev–Trinajstić information content (AvgIpc) is 3.41. The SMILES string of the molecule is O=C(O)CCC(=O)n1c(O)cc2cc(CCN3CCN(c4nsc5ccccc45)CC3)c(Cl)cc21. The van der Waals surface area contributed by atoms with Crippen molar-refractivity contribution < 1.29 is 19.8 Å². The van der Waals surface area contributed by atoms with Gasteiger partial charge in [0, 0.05) is 61.0 Å². The van der Waals surface area contributed by atoms with Gasteiger partial charge in [0.1, 0.15) is 5.82 Å². The van der Waals surface area contributed by atoms with E-state index in [4.69, 9.17) is 16.7 Å². The summed E-state index contributed by atoms with van der Waals surface area (Å²) >= 11 is 8.09. The first kappa shape index (κ1) is 23.6. The van der Waals surface area contributed by atoms with Crippen LogP contribution in [0.2, 0.25) is 5.02 Å². The second kappa shape index (κ2) is 9.85. The van der Waals surface area contributed by atoms with E-state index in [-0.39, 0.29) is 18.7 Å². The van der Waals surface area contributed by atoms with Crippen molar-refractivity contribution in [3.63, 3.8) is 0 Å². The molecule has 2 aromatic heterocycles. The zero-order chi connectivity index (χ0) is 24.5. The van der Waals surface area contributed by atoms with Gasteiger partial charge in [-0.3, -0.25) is 19.1 Å². The molecule has 2 aromatic carbocycles. The lowest BCUT2D eigenvalue weighted by molar-refractivity contribution is -0.137. The standard InChI is InChI=1S/C25H25ClN4O4S/c26-19-15-20-17(14-23(32)30(20)22(31)5-6-24(33)34)13-16(19)7-8-28-9-11-29(12-10-28)25-18-3-1-2-4-21(18)35-27-25/h1-4,13-15,32H,5-12H2,(H,33,34). The van der Waals surface area contributed by atoms with E-state index in [1.165, 1.54) is 16.2 Å². The van der Waals surface area contributed by atoms with E-state index in [1.54, 1.807) is 17.6 Å². The smallest absolute Gasteiger partial charge is 0.303 e. The van der Waals surface area contributed by atoms with Crippen molar-refractivity contribution in [3.05, 3.63) is 53.1 Å². The summed E-state index contributed by atoms with van der Waals surface area (Å²) < 4.78 is 7.02. The number of halogens is 1. The number of fused-ring (bicyclic) bond motifs is 2. The molecule has 0 atom stereocenters. The van der Waals surface area contributed by atoms with Gasteiger partial charge in [0.2, 0.25) is 5.91 Å². The molecule has 0 saturated carbocycles. The Morgan fingerprint density at radius 1 is 1.06 bits per heavy atom. The fourth-order valence-corrected chi connectivity index (χ4v) is 5.65. The minimum absolute atomic E-state index is 0.200. The van der Waals surface area contributed by atoms with Crippen molar-refractivity contribution in [1.82, 2.24) is 13.8 Å². The highest BCUT2D eigenvalue weighted by Gasteiger charge is 2.22. The number of piperazine rings is 1. The normalized spacial score (nSPS) is 14.7. The number of aromatic nitrogens is 2. The Bertz CT molecular complexity index is 1410. The predicted molar refractivity (Wildman–Crippen MR) is 138 cm³/mol. The summed E-state index contributed by atoms with van der Waals surface area (Å²) in [6.45, 7) is 4.54. The summed E-state index contributed by atoms with van der Waals surface area (Å²) in [7, 11) is 0. The summed E-state index contributed by atoms with van der Waals surface area (Å²) in [5, 5.41) is 21.6. The van der Waals surface area contributed by atoms with Gasteiger partial charge in [-0.25, -0.2) is 0 Å². The third-order valence-electron chi connectivity index (χ3n) is 6.48. The largest absolute Gasteiger partial charge is 0.494 e. The number of benzene rings is 2. The highest BCUT2D eigenvalue weighted by Crippen LogP contribution is 2.32. The number of hydrogen-bond donors (Lipinski definition) is 2. The summed E-state index contributed by atoms with van der Waals surface area (Å²) in [6.07, 6.45) is 0.248. The molecular formula is C25H25ClN4O4S. The number of carboxylic acids is 1. The van der Waals surface area contributed by atoms with Gasteiger partial charge in [-0.15, -0.1) is 0 Å². The lowest BCUT2D eigenvalue weighted by Crippen LogP contribution is -2.47. The van der Waals surface area contributed by atoms with Crippen LogP contribution in [0.15, 0.2) is 42.5 Å². The van der Waals surface area contributed by atoms with Crippen LogP contribution >= 0.6 is 23.1 Å². The molecule has 0 radical (unpaired) electrons. The minimum atomic E-state index is -1.06. The molecule has 182 valence electrons. The Labute approximate surface area is 211 Å². The van der Waals surface area contributed by atoms with E-state index >= 15 is 0 Å². The zero-order valence-corrected chi connectivity index (χ0v) is 20.6. The summed E-state index contributed by atoms with van der Waals surface area (Å²) in [5.41, 5.74) is 1.43. The van der Waals surface area contributed by atoms with Crippen LogP contribution in [0.25, 0.3) is 21.0 Å². The molecule has 35 heavy (non-hydrogen) atoms. The highest BCUT2D eigenvalue weighted by molar-refractivity contribution is 7.13. The fraction of sp³-hybridized carbons (Fsp3) is 0.320. The van der Waals surface area contributed by atoms with Gasteiger partial charge < -0.3 is 15.1 Å². The van der Waals surface area contributed by atoms with Gasteiger partial charge in [-0.1, -0.05) is 23.7 Å². The molecule has 1 aliphatic rings. The van der Waals surface area contributed by atoms with Gasteiger partial charge >= 0.3 is 5.97 Å². The van der Waals surface area contributed by atoms with E-state index in [2.05, 4.69) is 32.4 Å². The molecule has 1 saturated heterocycles. The van der Waals surface area contributed by atoms with Crippen LogP contribution < -0.4 is 4.90 Å². The lowest BCUT2D eigenvalue weighted by atomic mass is 10.1. The molecule has 4 aromatic rings. The molecule has 1 aliphatic heterocycles. The molecule has 1 fully saturated rings. The van der Waals surface area contributed by atoms with Crippen LogP contribution in [0.4, 0.5) is 5.82 Å². The molecular weight excluding hydrogens is 488 g/mol. The quantitative estimate of drug-likeness (QED) is 0.376. The van der Waals surface area contributed by atoms with E-state index in [0.717, 1.165) is 55.1 Å². The Balaban J connectivity index is 1.23. The number of carbonyl (C=O) groups is 2. The number of hydrogen-bond acceptors (Lipinski definition) is 7. The van der Waals surface area contributed by atoms with Gasteiger partial charge in [0.25, 0.3) is 0 Å². The maximum atomic E-state index is 12.4. The number of anilines is 1. The van der Waals surface area contributed by atoms with Crippen molar-refractivity contribution in [2.45, 2.75) is 19.3 Å². The van der Waals surface area contributed by atoms with Crippen molar-refractivity contribution in [2.24, 2.45) is 0 Å². The minimum Gasteiger partial charge on any atom is -0.494 e. The number of rotatable bonds is 7. The highest BCUT2D eigenvalue weighted by atomic mass is 35.5. The van der Waals surface area contributed by atoms with Crippen LogP contribution in [0.1, 0.15) is 23.2 Å². The van der Waals surface area contributed by atoms with E-state index < -0.39 is 11.9 Å². The first-order chi connectivity index (χ1) is 16.9. The van der Waals surface area contributed by atoms with Crippen LogP contribution in [0, 0.1) is 0 Å². The molecule has 0 amide bonds. The lowest BCUT2D eigenvalue weighted by Gasteiger charge is -2.35. The molecule has 0 spiro atoms. The number of aromatic hydroxyl groups is 1. The molecule has 0 unspecified atom stereocenters. The van der Waals surface area contributed by atoms with Crippen LogP contribution in [0.3, 0.4) is 0 Å².